The highest BCUT2D eigenvalue weighted by molar-refractivity contribution is 9.10. The molecular weight excluding hydrogens is 429 g/mol. The predicted molar refractivity (Wildman–Crippen MR) is 94.9 cm³/mol. The van der Waals surface area contributed by atoms with Gasteiger partial charge in [-0.1, -0.05) is 0 Å². The van der Waals surface area contributed by atoms with Crippen LogP contribution in [0.4, 0.5) is 13.2 Å². The molecule has 0 aliphatic carbocycles. The van der Waals surface area contributed by atoms with Crippen LogP contribution in [0.15, 0.2) is 41.0 Å². The molecule has 0 bridgehead atoms. The van der Waals surface area contributed by atoms with Gasteiger partial charge in [0, 0.05) is 29.7 Å². The lowest BCUT2D eigenvalue weighted by Gasteiger charge is -2.18. The predicted octanol–water partition coefficient (Wildman–Crippen LogP) is 4.17. The molecule has 2 aromatic rings. The molecule has 0 saturated carbocycles. The van der Waals surface area contributed by atoms with Gasteiger partial charge in [-0.15, -0.1) is 0 Å². The first-order chi connectivity index (χ1) is 12.8. The maximum Gasteiger partial charge on any atom is 0.416 e. The Hall–Kier alpha value is -2.29. The van der Waals surface area contributed by atoms with E-state index in [1.165, 1.54) is 7.11 Å². The number of pyridine rings is 1. The number of nitrogens with zero attached hydrogens (tertiary/aromatic N) is 2. The number of likely N-dealkylation sites (tertiary alicyclic amines) is 1. The van der Waals surface area contributed by atoms with Crippen LogP contribution in [0.25, 0.3) is 0 Å². The molecule has 1 aromatic heterocycles. The van der Waals surface area contributed by atoms with Gasteiger partial charge in [0.05, 0.1) is 24.8 Å². The van der Waals surface area contributed by atoms with Gasteiger partial charge in [-0.2, -0.15) is 13.2 Å². The summed E-state index contributed by atoms with van der Waals surface area (Å²) >= 11 is 3.35. The van der Waals surface area contributed by atoms with Crippen LogP contribution in [-0.4, -0.2) is 42.1 Å². The molecule has 1 saturated heterocycles. The van der Waals surface area contributed by atoms with Gasteiger partial charge in [-0.3, -0.25) is 4.79 Å². The summed E-state index contributed by atoms with van der Waals surface area (Å²) in [5.74, 6) is 0.247. The van der Waals surface area contributed by atoms with Gasteiger partial charge in [-0.05, 0) is 40.2 Å². The molecule has 3 rings (SSSR count). The molecule has 0 N–H and O–H groups in total. The number of carbonyl (C=O) groups excluding carboxylic acids is 1. The molecule has 1 aliphatic heterocycles. The molecule has 1 aliphatic rings. The average Bonchev–Trinajstić information content (AvgIpc) is 3.09. The summed E-state index contributed by atoms with van der Waals surface area (Å²) in [6.07, 6.45) is -3.32. The zero-order valence-corrected chi connectivity index (χ0v) is 15.9. The summed E-state index contributed by atoms with van der Waals surface area (Å²) in [4.78, 5) is 18.2. The Labute approximate surface area is 162 Å². The minimum absolute atomic E-state index is 0.105. The Bertz CT molecular complexity index is 845. The molecule has 1 unspecified atom stereocenters. The summed E-state index contributed by atoms with van der Waals surface area (Å²) in [5.41, 5.74) is -0.370. The lowest BCUT2D eigenvalue weighted by molar-refractivity contribution is -0.137. The topological polar surface area (TPSA) is 51.7 Å². The molecule has 2 heterocycles. The molecule has 1 fully saturated rings. The number of amides is 1. The van der Waals surface area contributed by atoms with Gasteiger partial charge in [0.2, 0.25) is 5.88 Å². The Morgan fingerprint density at radius 1 is 1.30 bits per heavy atom. The monoisotopic (exact) mass is 444 g/mol. The van der Waals surface area contributed by atoms with Crippen LogP contribution >= 0.6 is 15.9 Å². The number of aromatic nitrogens is 1. The van der Waals surface area contributed by atoms with Crippen molar-refractivity contribution in [3.63, 3.8) is 0 Å². The van der Waals surface area contributed by atoms with Crippen molar-refractivity contribution >= 4 is 21.8 Å². The number of hydrogen-bond acceptors (Lipinski definition) is 4. The van der Waals surface area contributed by atoms with Crippen LogP contribution in [0, 0.1) is 0 Å². The van der Waals surface area contributed by atoms with Crippen LogP contribution in [0.2, 0.25) is 0 Å². The zero-order chi connectivity index (χ0) is 19.6. The van der Waals surface area contributed by atoms with E-state index in [0.717, 1.165) is 18.3 Å². The molecule has 0 radical (unpaired) electrons. The van der Waals surface area contributed by atoms with Gasteiger partial charge < -0.3 is 14.4 Å². The summed E-state index contributed by atoms with van der Waals surface area (Å²) in [6.45, 7) is 0.701. The molecule has 1 aromatic carbocycles. The summed E-state index contributed by atoms with van der Waals surface area (Å²) in [7, 11) is 1.51. The molecular formula is C18H16BrF3N2O3. The number of rotatable bonds is 4. The smallest absolute Gasteiger partial charge is 0.416 e. The fraction of sp³-hybridized carbons (Fsp3) is 0.333. The van der Waals surface area contributed by atoms with E-state index in [1.54, 1.807) is 23.1 Å². The van der Waals surface area contributed by atoms with Gasteiger partial charge in [0.15, 0.2) is 0 Å². The van der Waals surface area contributed by atoms with Crippen LogP contribution in [0.3, 0.4) is 0 Å². The highest BCUT2D eigenvalue weighted by atomic mass is 79.9. The van der Waals surface area contributed by atoms with Crippen molar-refractivity contribution in [3.05, 3.63) is 52.1 Å². The number of halogens is 4. The second kappa shape index (κ2) is 7.75. The van der Waals surface area contributed by atoms with E-state index >= 15 is 0 Å². The second-order valence-corrected chi connectivity index (χ2v) is 6.86. The minimum atomic E-state index is -4.46. The van der Waals surface area contributed by atoms with Crippen molar-refractivity contribution in [3.8, 4) is 11.6 Å². The average molecular weight is 445 g/mol. The highest BCUT2D eigenvalue weighted by Crippen LogP contribution is 2.31. The third-order valence-electron chi connectivity index (χ3n) is 4.19. The minimum Gasteiger partial charge on any atom is -0.497 e. The fourth-order valence-corrected chi connectivity index (χ4v) is 3.21. The third kappa shape index (κ3) is 4.52. The van der Waals surface area contributed by atoms with Crippen molar-refractivity contribution < 1.29 is 27.4 Å². The van der Waals surface area contributed by atoms with Gasteiger partial charge in [0.25, 0.3) is 5.91 Å². The number of methoxy groups -OCH3 is 1. The van der Waals surface area contributed by atoms with Crippen LogP contribution < -0.4 is 9.47 Å². The van der Waals surface area contributed by atoms with E-state index < -0.39 is 17.8 Å². The molecule has 1 atom stereocenters. The van der Waals surface area contributed by atoms with Crippen LogP contribution in [0.1, 0.15) is 22.3 Å². The third-order valence-corrected chi connectivity index (χ3v) is 4.88. The lowest BCUT2D eigenvalue weighted by Crippen LogP contribution is -2.31. The fourth-order valence-electron chi connectivity index (χ4n) is 2.80. The Morgan fingerprint density at radius 3 is 2.78 bits per heavy atom. The summed E-state index contributed by atoms with van der Waals surface area (Å²) < 4.78 is 49.7. The van der Waals surface area contributed by atoms with Crippen LogP contribution in [0.5, 0.6) is 11.6 Å². The van der Waals surface area contributed by atoms with Gasteiger partial charge >= 0.3 is 6.18 Å². The van der Waals surface area contributed by atoms with Gasteiger partial charge in [0.1, 0.15) is 11.9 Å². The van der Waals surface area contributed by atoms with E-state index in [0.29, 0.717) is 28.8 Å². The quantitative estimate of drug-likeness (QED) is 0.710. The zero-order valence-electron chi connectivity index (χ0n) is 14.3. The summed E-state index contributed by atoms with van der Waals surface area (Å²) in [5, 5.41) is 0. The first-order valence-corrected chi connectivity index (χ1v) is 8.90. The highest BCUT2D eigenvalue weighted by Gasteiger charge is 2.33. The number of benzene rings is 1. The normalized spacial score (nSPS) is 17.1. The van der Waals surface area contributed by atoms with Gasteiger partial charge in [-0.25, -0.2) is 4.98 Å². The van der Waals surface area contributed by atoms with E-state index in [4.69, 9.17) is 9.47 Å². The Kier molecular flexibility index (Phi) is 5.59. The second-order valence-electron chi connectivity index (χ2n) is 6.01. The maximum absolute atomic E-state index is 12.8. The molecule has 144 valence electrons. The largest absolute Gasteiger partial charge is 0.497 e. The first kappa shape index (κ1) is 19.5. The van der Waals surface area contributed by atoms with E-state index in [2.05, 4.69) is 20.9 Å². The maximum atomic E-state index is 12.8. The molecule has 5 nitrogen and oxygen atoms in total. The number of hydrogen-bond donors (Lipinski definition) is 0. The molecule has 9 heteroatoms. The Morgan fingerprint density at radius 2 is 2.07 bits per heavy atom. The van der Waals surface area contributed by atoms with Crippen molar-refractivity contribution in [1.82, 2.24) is 9.88 Å². The number of carbonyl (C=O) groups is 1. The SMILES string of the molecule is COc1ccc(Br)c(C(=O)N2CCC(Oc3cc(C(F)(F)F)ccn3)C2)c1. The Balaban J connectivity index is 1.68. The standard InChI is InChI=1S/C18H16BrF3N2O3/c1-26-12-2-3-15(19)14(9-12)17(25)24-7-5-13(10-24)27-16-8-11(4-6-23-16)18(20,21)22/h2-4,6,8-9,13H,5,7,10H2,1H3. The van der Waals surface area contributed by atoms with Crippen LogP contribution in [-0.2, 0) is 6.18 Å². The first-order valence-electron chi connectivity index (χ1n) is 8.10. The van der Waals surface area contributed by atoms with Crippen molar-refractivity contribution in [2.45, 2.75) is 18.7 Å². The molecule has 0 spiro atoms. The van der Waals surface area contributed by atoms with Crippen molar-refractivity contribution in [2.75, 3.05) is 20.2 Å². The lowest BCUT2D eigenvalue weighted by atomic mass is 10.2. The number of ether oxygens (including phenoxy) is 2. The number of alkyl halides is 3. The van der Waals surface area contributed by atoms with Crippen molar-refractivity contribution in [1.29, 1.82) is 0 Å². The van der Waals surface area contributed by atoms with E-state index in [9.17, 15) is 18.0 Å². The van der Waals surface area contributed by atoms with E-state index in [1.807, 2.05) is 0 Å². The molecule has 27 heavy (non-hydrogen) atoms. The molecule has 1 amide bonds. The van der Waals surface area contributed by atoms with Crippen molar-refractivity contribution in [2.24, 2.45) is 0 Å². The van der Waals surface area contributed by atoms with E-state index in [-0.39, 0.29) is 18.3 Å². The summed E-state index contributed by atoms with van der Waals surface area (Å²) in [6, 6.07) is 6.84.